The molecule has 8 heteroatoms. The highest BCUT2D eigenvalue weighted by Crippen LogP contribution is 2.41. The van der Waals surface area contributed by atoms with Crippen LogP contribution in [0.2, 0.25) is 18.1 Å². The summed E-state index contributed by atoms with van der Waals surface area (Å²) in [5.41, 5.74) is 5.19. The number of ketones is 1. The van der Waals surface area contributed by atoms with Gasteiger partial charge in [0.2, 0.25) is 0 Å². The molecule has 6 nitrogen and oxygen atoms in total. The molecule has 1 heterocycles. The third-order valence-corrected chi connectivity index (χ3v) is 12.0. The molecule has 1 N–H and O–H groups in total. The summed E-state index contributed by atoms with van der Waals surface area (Å²) >= 11 is 0. The predicted octanol–water partition coefficient (Wildman–Crippen LogP) is 7.55. The largest absolute Gasteiger partial charge is 0.469 e. The molecule has 1 unspecified atom stereocenters. The molecule has 2 rings (SSSR count). The first-order chi connectivity index (χ1) is 18.5. The number of hydrogen-bond acceptors (Lipinski definition) is 6. The van der Waals surface area contributed by atoms with E-state index in [1.807, 2.05) is 0 Å². The first kappa shape index (κ1) is 33.5. The lowest BCUT2D eigenvalue weighted by atomic mass is 9.87. The Labute approximate surface area is 240 Å². The van der Waals surface area contributed by atoms with Crippen molar-refractivity contribution in [3.63, 3.8) is 0 Å². The van der Waals surface area contributed by atoms with Gasteiger partial charge < -0.3 is 14.3 Å². The number of carbonyl (C=O) groups excluding carboxylic acids is 2. The van der Waals surface area contributed by atoms with E-state index in [0.29, 0.717) is 6.61 Å². The van der Waals surface area contributed by atoms with Gasteiger partial charge in [-0.25, -0.2) is 4.39 Å². The molecule has 0 fully saturated rings. The number of ether oxygens (including phenoxy) is 1. The van der Waals surface area contributed by atoms with Gasteiger partial charge in [0.15, 0.2) is 8.32 Å². The van der Waals surface area contributed by atoms with E-state index in [1.54, 1.807) is 24.3 Å². The Bertz CT molecular complexity index is 1210. The molecule has 0 aliphatic heterocycles. The van der Waals surface area contributed by atoms with E-state index in [0.717, 1.165) is 33.6 Å². The number of hydrogen-bond donors (Lipinski definition) is 1. The van der Waals surface area contributed by atoms with Crippen LogP contribution in [0.3, 0.4) is 0 Å². The van der Waals surface area contributed by atoms with Gasteiger partial charge in [-0.15, -0.1) is 0 Å². The van der Waals surface area contributed by atoms with Crippen LogP contribution in [0.25, 0.3) is 17.2 Å². The normalized spacial score (nSPS) is 13.3. The second kappa shape index (κ2) is 13.8. The van der Waals surface area contributed by atoms with Crippen LogP contribution >= 0.6 is 0 Å². The molecule has 1 aromatic carbocycles. The Balaban J connectivity index is 2.75. The lowest BCUT2D eigenvalue weighted by Gasteiger charge is -2.37. The molecule has 40 heavy (non-hydrogen) atoms. The van der Waals surface area contributed by atoms with E-state index in [-0.39, 0.29) is 35.5 Å². The molecule has 0 aliphatic carbocycles. The molecule has 0 radical (unpaired) electrons. The van der Waals surface area contributed by atoms with Crippen molar-refractivity contribution in [1.82, 2.24) is 4.98 Å². The standard InChI is InChI=1S/C32H46FNO5Si/c1-20(2)30-26(16-15-24(35)17-25(36)18-28(37)38-8)29(22-11-13-23(33)14-12-22)27(31(34-30)21(3)4)19-39-40(9,10)32(5,6)7/h11-16,20-21,24,35H,17-19H2,1-10H3. The summed E-state index contributed by atoms with van der Waals surface area (Å²) in [5.74, 6) is -1.23. The summed E-state index contributed by atoms with van der Waals surface area (Å²) in [5, 5.41) is 10.7. The number of benzene rings is 1. The van der Waals surface area contributed by atoms with E-state index >= 15 is 0 Å². The van der Waals surface area contributed by atoms with Gasteiger partial charge in [0.05, 0.1) is 25.5 Å². The average molecular weight is 572 g/mol. The fourth-order valence-corrected chi connectivity index (χ4v) is 5.08. The minimum atomic E-state index is -2.12. The van der Waals surface area contributed by atoms with E-state index in [9.17, 15) is 19.1 Å². The van der Waals surface area contributed by atoms with Crippen LogP contribution in [0, 0.1) is 5.82 Å². The van der Waals surface area contributed by atoms with Crippen molar-refractivity contribution in [2.45, 2.75) is 104 Å². The Morgan fingerprint density at radius 2 is 1.62 bits per heavy atom. The topological polar surface area (TPSA) is 85.7 Å². The first-order valence-electron chi connectivity index (χ1n) is 13.9. The number of halogens is 1. The number of methoxy groups -OCH3 is 1. The van der Waals surface area contributed by atoms with Crippen molar-refractivity contribution in [2.75, 3.05) is 7.11 Å². The maximum absolute atomic E-state index is 14.0. The number of esters is 1. The summed E-state index contributed by atoms with van der Waals surface area (Å²) < 4.78 is 25.3. The van der Waals surface area contributed by atoms with Crippen molar-refractivity contribution in [2.24, 2.45) is 0 Å². The quantitative estimate of drug-likeness (QED) is 0.161. The van der Waals surface area contributed by atoms with Crippen molar-refractivity contribution in [1.29, 1.82) is 0 Å². The van der Waals surface area contributed by atoms with Gasteiger partial charge in [0, 0.05) is 23.2 Å². The molecule has 1 aromatic heterocycles. The Hall–Kier alpha value is -2.68. The Morgan fingerprint density at radius 1 is 1.05 bits per heavy atom. The monoisotopic (exact) mass is 571 g/mol. The molecule has 1 atom stereocenters. The van der Waals surface area contributed by atoms with Gasteiger partial charge in [-0.3, -0.25) is 14.6 Å². The van der Waals surface area contributed by atoms with Crippen LogP contribution in [-0.4, -0.2) is 43.4 Å². The molecule has 220 valence electrons. The van der Waals surface area contributed by atoms with Crippen LogP contribution in [0.15, 0.2) is 30.3 Å². The number of nitrogens with zero attached hydrogens (tertiary/aromatic N) is 1. The van der Waals surface area contributed by atoms with Crippen molar-refractivity contribution in [3.05, 3.63) is 58.7 Å². The summed E-state index contributed by atoms with van der Waals surface area (Å²) in [6.45, 7) is 19.7. The molecule has 0 amide bonds. The number of aliphatic hydroxyl groups is 1. The summed E-state index contributed by atoms with van der Waals surface area (Å²) in [6.07, 6.45) is 1.64. The lowest BCUT2D eigenvalue weighted by Crippen LogP contribution is -2.40. The van der Waals surface area contributed by atoms with Crippen LogP contribution in [-0.2, 0) is 25.4 Å². The van der Waals surface area contributed by atoms with Crippen LogP contribution in [0.4, 0.5) is 4.39 Å². The minimum absolute atomic E-state index is 0.00983. The number of aliphatic hydroxyl groups excluding tert-OH is 1. The zero-order valence-electron chi connectivity index (χ0n) is 25.7. The van der Waals surface area contributed by atoms with Gasteiger partial charge in [0.1, 0.15) is 18.0 Å². The lowest BCUT2D eigenvalue weighted by molar-refractivity contribution is -0.143. The van der Waals surface area contributed by atoms with E-state index < -0.39 is 26.2 Å². The molecular formula is C32H46FNO5Si. The van der Waals surface area contributed by atoms with E-state index in [2.05, 4.69) is 66.3 Å². The van der Waals surface area contributed by atoms with Crippen LogP contribution in [0.1, 0.15) is 95.7 Å². The van der Waals surface area contributed by atoms with Crippen molar-refractivity contribution >= 4 is 26.1 Å². The van der Waals surface area contributed by atoms with Crippen molar-refractivity contribution < 1.29 is 28.2 Å². The van der Waals surface area contributed by atoms with E-state index in [4.69, 9.17) is 9.41 Å². The van der Waals surface area contributed by atoms with Crippen LogP contribution in [0.5, 0.6) is 0 Å². The molecule has 0 spiro atoms. The number of rotatable bonds is 12. The highest BCUT2D eigenvalue weighted by molar-refractivity contribution is 6.74. The Kier molecular flexibility index (Phi) is 11.6. The molecule has 0 bridgehead atoms. The maximum Gasteiger partial charge on any atom is 0.313 e. The molecule has 0 saturated carbocycles. The van der Waals surface area contributed by atoms with Gasteiger partial charge in [-0.2, -0.15) is 0 Å². The highest BCUT2D eigenvalue weighted by atomic mass is 28.4. The summed E-state index contributed by atoms with van der Waals surface area (Å²) in [6, 6.07) is 6.38. The Morgan fingerprint density at radius 3 is 2.12 bits per heavy atom. The second-order valence-corrected chi connectivity index (χ2v) is 17.2. The number of pyridine rings is 1. The van der Waals surface area contributed by atoms with Gasteiger partial charge >= 0.3 is 5.97 Å². The van der Waals surface area contributed by atoms with Crippen molar-refractivity contribution in [3.8, 4) is 11.1 Å². The average Bonchev–Trinajstić information content (AvgIpc) is 2.85. The third-order valence-electron chi connectivity index (χ3n) is 7.50. The maximum atomic E-state index is 14.0. The predicted molar refractivity (Wildman–Crippen MR) is 161 cm³/mol. The zero-order chi connectivity index (χ0) is 30.4. The zero-order valence-corrected chi connectivity index (χ0v) is 26.7. The fraction of sp³-hybridized carbons (Fsp3) is 0.531. The number of carbonyl (C=O) groups is 2. The van der Waals surface area contributed by atoms with Gasteiger partial charge in [0.25, 0.3) is 0 Å². The fourth-order valence-electron chi connectivity index (χ4n) is 4.14. The minimum Gasteiger partial charge on any atom is -0.469 e. The van der Waals surface area contributed by atoms with Gasteiger partial charge in [-0.1, -0.05) is 72.8 Å². The van der Waals surface area contributed by atoms with Gasteiger partial charge in [-0.05, 0) is 53.2 Å². The number of aromatic nitrogens is 1. The number of Topliss-reactive ketones (excluding diaryl/α,β-unsaturated/α-hetero) is 1. The SMILES string of the molecule is COC(=O)CC(=O)CC(O)C=Cc1c(C(C)C)nc(C(C)C)c(CO[Si](C)(C)C(C)(C)C)c1-c1ccc(F)cc1. The smallest absolute Gasteiger partial charge is 0.313 e. The third kappa shape index (κ3) is 8.66. The second-order valence-electron chi connectivity index (χ2n) is 12.4. The molecule has 2 aromatic rings. The van der Waals surface area contributed by atoms with Crippen LogP contribution < -0.4 is 0 Å². The molecule has 0 aliphatic rings. The highest BCUT2D eigenvalue weighted by Gasteiger charge is 2.37. The summed E-state index contributed by atoms with van der Waals surface area (Å²) in [4.78, 5) is 28.8. The van der Waals surface area contributed by atoms with E-state index in [1.165, 1.54) is 19.2 Å². The molecule has 0 saturated heterocycles. The summed E-state index contributed by atoms with van der Waals surface area (Å²) in [7, 11) is -0.905. The first-order valence-corrected chi connectivity index (χ1v) is 16.8. The molecular weight excluding hydrogens is 525 g/mol.